The van der Waals surface area contributed by atoms with Crippen LogP contribution in [0.3, 0.4) is 0 Å². The first-order valence-electron chi connectivity index (χ1n) is 7.96. The third-order valence-electron chi connectivity index (χ3n) is 6.75. The van der Waals surface area contributed by atoms with E-state index in [0.717, 1.165) is 42.1 Å². The van der Waals surface area contributed by atoms with Crippen molar-refractivity contribution in [1.82, 2.24) is 0 Å². The van der Waals surface area contributed by atoms with Crippen molar-refractivity contribution in [3.63, 3.8) is 0 Å². The maximum Gasteiger partial charge on any atom is 0.0840 e. The number of epoxide rings is 1. The molecule has 4 saturated carbocycles. The average Bonchev–Trinajstić information content (AvgIpc) is 3.03. The lowest BCUT2D eigenvalue weighted by atomic mass is 9.39. The van der Waals surface area contributed by atoms with E-state index >= 15 is 0 Å². The molecule has 0 aromatic carbocycles. The molecule has 1 saturated heterocycles. The molecule has 0 aromatic rings. The standard InChI is InChI=1S/C14H20O.C2H6/c1-6-2-10-12(6)14-9-4-7(13(10)14)3-8(9)11-5-15-11;1-2/h6-14H,2-5H2,1H3;1-2H3. The van der Waals surface area contributed by atoms with E-state index in [1.807, 2.05) is 13.8 Å². The van der Waals surface area contributed by atoms with Gasteiger partial charge in [0, 0.05) is 0 Å². The van der Waals surface area contributed by atoms with Crippen molar-refractivity contribution in [1.29, 1.82) is 0 Å². The van der Waals surface area contributed by atoms with Gasteiger partial charge in [-0.15, -0.1) is 0 Å². The molecule has 5 aliphatic rings. The lowest BCUT2D eigenvalue weighted by Crippen LogP contribution is -2.61. The van der Waals surface area contributed by atoms with Crippen LogP contribution < -0.4 is 0 Å². The molecule has 9 atom stereocenters. The van der Waals surface area contributed by atoms with Crippen LogP contribution in [-0.2, 0) is 4.74 Å². The van der Waals surface area contributed by atoms with Crippen LogP contribution in [0.4, 0.5) is 0 Å². The molecule has 1 heterocycles. The molecule has 0 amide bonds. The summed E-state index contributed by atoms with van der Waals surface area (Å²) < 4.78 is 5.56. The molecule has 9 unspecified atom stereocenters. The molecule has 2 bridgehead atoms. The van der Waals surface area contributed by atoms with Crippen molar-refractivity contribution < 1.29 is 4.74 Å². The van der Waals surface area contributed by atoms with Crippen molar-refractivity contribution in [3.8, 4) is 0 Å². The van der Waals surface area contributed by atoms with Crippen LogP contribution >= 0.6 is 0 Å². The zero-order chi connectivity index (χ0) is 11.7. The average molecular weight is 234 g/mol. The van der Waals surface area contributed by atoms with E-state index in [1.54, 1.807) is 12.8 Å². The zero-order valence-corrected chi connectivity index (χ0v) is 11.4. The Morgan fingerprint density at radius 3 is 2.18 bits per heavy atom. The predicted molar refractivity (Wildman–Crippen MR) is 68.5 cm³/mol. The van der Waals surface area contributed by atoms with Gasteiger partial charge in [-0.05, 0) is 66.6 Å². The minimum Gasteiger partial charge on any atom is -0.373 e. The van der Waals surface area contributed by atoms with Crippen LogP contribution in [0.25, 0.3) is 0 Å². The minimum atomic E-state index is 0.704. The summed E-state index contributed by atoms with van der Waals surface area (Å²) in [4.78, 5) is 0. The molecule has 1 aliphatic heterocycles. The molecule has 0 N–H and O–H groups in total. The maximum atomic E-state index is 5.56. The molecule has 17 heavy (non-hydrogen) atoms. The first-order valence-corrected chi connectivity index (χ1v) is 7.96. The van der Waals surface area contributed by atoms with E-state index in [2.05, 4.69) is 6.92 Å². The topological polar surface area (TPSA) is 12.5 Å². The summed E-state index contributed by atoms with van der Waals surface area (Å²) in [5.74, 6) is 8.96. The highest BCUT2D eigenvalue weighted by atomic mass is 16.6. The number of ether oxygens (including phenoxy) is 1. The lowest BCUT2D eigenvalue weighted by Gasteiger charge is -2.65. The summed E-state index contributed by atoms with van der Waals surface area (Å²) in [5, 5.41) is 0. The van der Waals surface area contributed by atoms with E-state index in [-0.39, 0.29) is 0 Å². The second-order valence-electron chi connectivity index (χ2n) is 7.04. The molecule has 1 nitrogen and oxygen atoms in total. The van der Waals surface area contributed by atoms with E-state index in [0.29, 0.717) is 6.10 Å². The second-order valence-corrected chi connectivity index (χ2v) is 7.04. The van der Waals surface area contributed by atoms with Gasteiger partial charge >= 0.3 is 0 Å². The van der Waals surface area contributed by atoms with Gasteiger partial charge in [-0.1, -0.05) is 20.8 Å². The van der Waals surface area contributed by atoms with Gasteiger partial charge in [-0.2, -0.15) is 0 Å². The Morgan fingerprint density at radius 1 is 0.824 bits per heavy atom. The van der Waals surface area contributed by atoms with Crippen molar-refractivity contribution in [2.75, 3.05) is 6.61 Å². The molecular weight excluding hydrogens is 208 g/mol. The number of hydrogen-bond donors (Lipinski definition) is 0. The van der Waals surface area contributed by atoms with Gasteiger partial charge in [0.25, 0.3) is 0 Å². The van der Waals surface area contributed by atoms with Gasteiger partial charge in [0.1, 0.15) is 0 Å². The molecule has 5 rings (SSSR count). The maximum absolute atomic E-state index is 5.56. The number of hydrogen-bond acceptors (Lipinski definition) is 1. The minimum absolute atomic E-state index is 0.704. The van der Waals surface area contributed by atoms with Gasteiger partial charge in [0.05, 0.1) is 12.7 Å². The number of fused-ring (bicyclic) bond motifs is 8. The van der Waals surface area contributed by atoms with Gasteiger partial charge < -0.3 is 4.74 Å². The summed E-state index contributed by atoms with van der Waals surface area (Å²) in [6, 6.07) is 0. The fourth-order valence-electron chi connectivity index (χ4n) is 6.31. The van der Waals surface area contributed by atoms with Gasteiger partial charge in [0.2, 0.25) is 0 Å². The fourth-order valence-corrected chi connectivity index (χ4v) is 6.31. The normalized spacial score (nSPS) is 64.8. The second kappa shape index (κ2) is 3.50. The molecule has 4 aliphatic carbocycles. The van der Waals surface area contributed by atoms with Crippen LogP contribution in [0.15, 0.2) is 0 Å². The zero-order valence-electron chi connectivity index (χ0n) is 11.4. The molecule has 5 fully saturated rings. The lowest BCUT2D eigenvalue weighted by molar-refractivity contribution is -0.179. The highest BCUT2D eigenvalue weighted by Gasteiger charge is 2.70. The highest BCUT2D eigenvalue weighted by molar-refractivity contribution is 5.18. The Balaban J connectivity index is 0.000000383. The molecular formula is C16H26O. The highest BCUT2D eigenvalue weighted by Crippen LogP contribution is 2.75. The third-order valence-corrected chi connectivity index (χ3v) is 6.75. The molecule has 0 spiro atoms. The Bertz CT molecular complexity index is 319. The van der Waals surface area contributed by atoms with Crippen LogP contribution in [-0.4, -0.2) is 12.7 Å². The number of rotatable bonds is 1. The molecule has 0 aromatic heterocycles. The fraction of sp³-hybridized carbons (Fsp3) is 1.00. The summed E-state index contributed by atoms with van der Waals surface area (Å²) in [5.41, 5.74) is 0. The van der Waals surface area contributed by atoms with Gasteiger partial charge in [-0.25, -0.2) is 0 Å². The first kappa shape index (κ1) is 10.8. The third kappa shape index (κ3) is 1.20. The Morgan fingerprint density at radius 2 is 1.53 bits per heavy atom. The van der Waals surface area contributed by atoms with Crippen LogP contribution in [0.5, 0.6) is 0 Å². The van der Waals surface area contributed by atoms with Crippen molar-refractivity contribution in [2.24, 2.45) is 47.3 Å². The summed E-state index contributed by atoms with van der Waals surface area (Å²) in [6.07, 6.45) is 5.39. The summed E-state index contributed by atoms with van der Waals surface area (Å²) in [6.45, 7) is 7.58. The monoisotopic (exact) mass is 234 g/mol. The largest absolute Gasteiger partial charge is 0.373 e. The molecule has 1 heteroatoms. The molecule has 0 radical (unpaired) electrons. The van der Waals surface area contributed by atoms with E-state index in [9.17, 15) is 0 Å². The molecule has 96 valence electrons. The van der Waals surface area contributed by atoms with E-state index < -0.39 is 0 Å². The Kier molecular flexibility index (Phi) is 2.23. The van der Waals surface area contributed by atoms with Crippen LogP contribution in [0.1, 0.15) is 40.0 Å². The van der Waals surface area contributed by atoms with Crippen LogP contribution in [0.2, 0.25) is 0 Å². The Hall–Kier alpha value is -0.0400. The van der Waals surface area contributed by atoms with Gasteiger partial charge in [0.15, 0.2) is 0 Å². The summed E-state index contributed by atoms with van der Waals surface area (Å²) in [7, 11) is 0. The van der Waals surface area contributed by atoms with Crippen molar-refractivity contribution in [3.05, 3.63) is 0 Å². The smallest absolute Gasteiger partial charge is 0.0840 e. The van der Waals surface area contributed by atoms with Crippen molar-refractivity contribution >= 4 is 0 Å². The predicted octanol–water partition coefficient (Wildman–Crippen LogP) is 3.59. The summed E-state index contributed by atoms with van der Waals surface area (Å²) >= 11 is 0. The Labute approximate surface area is 105 Å². The first-order chi connectivity index (χ1) is 8.34. The van der Waals surface area contributed by atoms with Crippen LogP contribution in [0, 0.1) is 47.3 Å². The van der Waals surface area contributed by atoms with Crippen molar-refractivity contribution in [2.45, 2.75) is 46.1 Å². The van der Waals surface area contributed by atoms with Gasteiger partial charge in [-0.3, -0.25) is 0 Å². The quantitative estimate of drug-likeness (QED) is 0.632. The van der Waals surface area contributed by atoms with E-state index in [4.69, 9.17) is 4.74 Å². The van der Waals surface area contributed by atoms with E-state index in [1.165, 1.54) is 18.3 Å². The SMILES string of the molecule is CC.CC1CC2C1C1C3CC(CC3C3CO3)C21.